The second kappa shape index (κ2) is 8.66. The highest BCUT2D eigenvalue weighted by molar-refractivity contribution is 5.79. The van der Waals surface area contributed by atoms with Crippen molar-refractivity contribution in [1.82, 2.24) is 9.88 Å². The maximum atomic E-state index is 12.5. The van der Waals surface area contributed by atoms with Gasteiger partial charge in [-0.2, -0.15) is 0 Å². The zero-order valence-corrected chi connectivity index (χ0v) is 17.6. The van der Waals surface area contributed by atoms with Crippen LogP contribution < -0.4 is 14.2 Å². The van der Waals surface area contributed by atoms with E-state index in [4.69, 9.17) is 14.2 Å². The summed E-state index contributed by atoms with van der Waals surface area (Å²) in [5.74, 6) is 9.13. The highest BCUT2D eigenvalue weighted by Crippen LogP contribution is 2.43. The highest BCUT2D eigenvalue weighted by Gasteiger charge is 2.30. The summed E-state index contributed by atoms with van der Waals surface area (Å²) in [6.45, 7) is 0.447. The summed E-state index contributed by atoms with van der Waals surface area (Å²) in [5, 5.41) is 0. The van der Waals surface area contributed by atoms with Gasteiger partial charge in [-0.05, 0) is 49.3 Å². The quantitative estimate of drug-likeness (QED) is 0.687. The largest absolute Gasteiger partial charge is 0.497 e. The van der Waals surface area contributed by atoms with E-state index in [-0.39, 0.29) is 11.9 Å². The van der Waals surface area contributed by atoms with Crippen LogP contribution >= 0.6 is 0 Å². The number of nitrogens with zero attached hydrogens (tertiary/aromatic N) is 2. The van der Waals surface area contributed by atoms with Crippen molar-refractivity contribution in [2.24, 2.45) is 0 Å². The Labute approximate surface area is 177 Å². The predicted octanol–water partition coefficient (Wildman–Crippen LogP) is 3.53. The molecule has 1 aromatic carbocycles. The minimum Gasteiger partial charge on any atom is -0.497 e. The third kappa shape index (κ3) is 4.20. The molecule has 1 aromatic heterocycles. The molecule has 30 heavy (non-hydrogen) atoms. The number of likely N-dealkylation sites (tertiary alicyclic amines) is 1. The van der Waals surface area contributed by atoms with Crippen molar-refractivity contribution in [1.29, 1.82) is 0 Å². The first-order chi connectivity index (χ1) is 14.6. The molecule has 1 amide bonds. The van der Waals surface area contributed by atoms with Crippen molar-refractivity contribution in [3.05, 3.63) is 47.2 Å². The van der Waals surface area contributed by atoms with Gasteiger partial charge < -0.3 is 19.1 Å². The normalized spacial score (nSPS) is 18.0. The Hall–Kier alpha value is -3.20. The van der Waals surface area contributed by atoms with Crippen molar-refractivity contribution in [3.63, 3.8) is 0 Å². The average molecular weight is 406 g/mol. The van der Waals surface area contributed by atoms with E-state index in [1.165, 1.54) is 12.8 Å². The first-order valence-electron chi connectivity index (χ1n) is 10.2. The van der Waals surface area contributed by atoms with Gasteiger partial charge in [-0.1, -0.05) is 12.0 Å². The summed E-state index contributed by atoms with van der Waals surface area (Å²) in [7, 11) is 4.88. The molecule has 0 bridgehead atoms. The standard InChI is InChI=1S/C24H26N2O4/c1-28-20-11-6-17(22(14-20)29-2)15-26-19(10-13-23(26)27)9-7-18-8-12-21(16-4-5-16)24(25-18)30-3/h6,8,11-12,14,16,19H,4-5,10,13,15H2,1-3H3. The van der Waals surface area contributed by atoms with E-state index < -0.39 is 0 Å². The number of benzene rings is 1. The SMILES string of the molecule is COc1ccc(CN2C(=O)CCC2C#Cc2ccc(C3CC3)c(OC)n2)c(OC)c1. The van der Waals surface area contributed by atoms with Crippen LogP contribution in [-0.4, -0.2) is 43.2 Å². The van der Waals surface area contributed by atoms with Crippen molar-refractivity contribution in [3.8, 4) is 29.2 Å². The molecule has 156 valence electrons. The molecular weight excluding hydrogens is 380 g/mol. The molecule has 2 heterocycles. The van der Waals surface area contributed by atoms with E-state index in [9.17, 15) is 4.79 Å². The number of amides is 1. The number of pyridine rings is 1. The van der Waals surface area contributed by atoms with E-state index in [1.807, 2.05) is 29.2 Å². The second-order valence-electron chi connectivity index (χ2n) is 7.59. The Kier molecular flexibility index (Phi) is 5.80. The molecule has 1 saturated carbocycles. The van der Waals surface area contributed by atoms with Crippen LogP contribution in [0.5, 0.6) is 17.4 Å². The number of methoxy groups -OCH3 is 3. The number of rotatable bonds is 6. The van der Waals surface area contributed by atoms with Crippen LogP contribution in [-0.2, 0) is 11.3 Å². The first-order valence-corrected chi connectivity index (χ1v) is 10.2. The van der Waals surface area contributed by atoms with Gasteiger partial charge in [0.25, 0.3) is 0 Å². The second-order valence-corrected chi connectivity index (χ2v) is 7.59. The maximum absolute atomic E-state index is 12.5. The minimum atomic E-state index is -0.153. The lowest BCUT2D eigenvalue weighted by molar-refractivity contribution is -0.128. The molecule has 1 aliphatic heterocycles. The van der Waals surface area contributed by atoms with E-state index in [1.54, 1.807) is 21.3 Å². The fraction of sp³-hybridized carbons (Fsp3) is 0.417. The molecule has 2 fully saturated rings. The number of aromatic nitrogens is 1. The van der Waals surface area contributed by atoms with Gasteiger partial charge in [-0.3, -0.25) is 4.79 Å². The van der Waals surface area contributed by atoms with Crippen LogP contribution in [0.4, 0.5) is 0 Å². The molecule has 1 aliphatic carbocycles. The van der Waals surface area contributed by atoms with Crippen LogP contribution in [0.15, 0.2) is 30.3 Å². The average Bonchev–Trinajstić information content (AvgIpc) is 3.57. The molecule has 2 aromatic rings. The molecule has 4 rings (SSSR count). The zero-order chi connectivity index (χ0) is 21.1. The third-order valence-electron chi connectivity index (χ3n) is 5.63. The Morgan fingerprint density at radius 3 is 2.60 bits per heavy atom. The Morgan fingerprint density at radius 2 is 1.90 bits per heavy atom. The number of ether oxygens (including phenoxy) is 3. The molecule has 0 N–H and O–H groups in total. The summed E-state index contributed by atoms with van der Waals surface area (Å²) in [6.07, 6.45) is 3.59. The lowest BCUT2D eigenvalue weighted by atomic mass is 10.1. The number of hydrogen-bond donors (Lipinski definition) is 0. The van der Waals surface area contributed by atoms with Crippen molar-refractivity contribution >= 4 is 5.91 Å². The molecule has 6 heteroatoms. The molecule has 1 unspecified atom stereocenters. The lowest BCUT2D eigenvalue weighted by Gasteiger charge is -2.22. The molecule has 1 saturated heterocycles. The smallest absolute Gasteiger partial charge is 0.223 e. The third-order valence-corrected chi connectivity index (χ3v) is 5.63. The van der Waals surface area contributed by atoms with Gasteiger partial charge in [-0.25, -0.2) is 4.98 Å². The number of carbonyl (C=O) groups is 1. The van der Waals surface area contributed by atoms with Crippen molar-refractivity contribution in [2.45, 2.75) is 44.2 Å². The van der Waals surface area contributed by atoms with E-state index >= 15 is 0 Å². The Morgan fingerprint density at radius 1 is 1.07 bits per heavy atom. The van der Waals surface area contributed by atoms with Crippen LogP contribution in [0.3, 0.4) is 0 Å². The van der Waals surface area contributed by atoms with E-state index in [2.05, 4.69) is 22.9 Å². The summed E-state index contributed by atoms with van der Waals surface area (Å²) in [5.41, 5.74) is 2.75. The monoisotopic (exact) mass is 406 g/mol. The molecule has 0 spiro atoms. The van der Waals surface area contributed by atoms with Gasteiger partial charge in [0, 0.05) is 23.6 Å². The van der Waals surface area contributed by atoms with Gasteiger partial charge in [0.05, 0.1) is 33.9 Å². The fourth-order valence-electron chi connectivity index (χ4n) is 3.79. The Balaban J connectivity index is 1.53. The van der Waals surface area contributed by atoms with E-state index in [0.717, 1.165) is 11.1 Å². The maximum Gasteiger partial charge on any atom is 0.223 e. The topological polar surface area (TPSA) is 60.9 Å². The summed E-state index contributed by atoms with van der Waals surface area (Å²) in [4.78, 5) is 18.9. The lowest BCUT2D eigenvalue weighted by Crippen LogP contribution is -2.31. The van der Waals surface area contributed by atoms with Crippen LogP contribution in [0.25, 0.3) is 0 Å². The van der Waals surface area contributed by atoms with Gasteiger partial charge in [0.2, 0.25) is 11.8 Å². The molecule has 0 radical (unpaired) electrons. The fourth-order valence-corrected chi connectivity index (χ4v) is 3.79. The van der Waals surface area contributed by atoms with Gasteiger partial charge in [0.15, 0.2) is 0 Å². The van der Waals surface area contributed by atoms with Gasteiger partial charge >= 0.3 is 0 Å². The molecule has 6 nitrogen and oxygen atoms in total. The minimum absolute atomic E-state index is 0.0989. The van der Waals surface area contributed by atoms with Crippen LogP contribution in [0, 0.1) is 11.8 Å². The number of carbonyl (C=O) groups excluding carboxylic acids is 1. The number of hydrogen-bond acceptors (Lipinski definition) is 5. The van der Waals surface area contributed by atoms with Crippen molar-refractivity contribution < 1.29 is 19.0 Å². The van der Waals surface area contributed by atoms with Gasteiger partial charge in [0.1, 0.15) is 17.2 Å². The summed E-state index contributed by atoms with van der Waals surface area (Å²) < 4.78 is 16.2. The molecular formula is C24H26N2O4. The highest BCUT2D eigenvalue weighted by atomic mass is 16.5. The summed E-state index contributed by atoms with van der Waals surface area (Å²) >= 11 is 0. The molecule has 1 atom stereocenters. The first kappa shape index (κ1) is 20.1. The summed E-state index contributed by atoms with van der Waals surface area (Å²) in [6, 6.07) is 9.48. The van der Waals surface area contributed by atoms with Crippen LogP contribution in [0.1, 0.15) is 48.4 Å². The van der Waals surface area contributed by atoms with Crippen molar-refractivity contribution in [2.75, 3.05) is 21.3 Å². The predicted molar refractivity (Wildman–Crippen MR) is 113 cm³/mol. The van der Waals surface area contributed by atoms with Gasteiger partial charge in [-0.15, -0.1) is 0 Å². The Bertz CT molecular complexity index is 1000. The van der Waals surface area contributed by atoms with E-state index in [0.29, 0.717) is 48.4 Å². The zero-order valence-electron chi connectivity index (χ0n) is 17.6. The van der Waals surface area contributed by atoms with Crippen LogP contribution in [0.2, 0.25) is 0 Å². The molecule has 2 aliphatic rings.